The van der Waals surface area contributed by atoms with Crippen LogP contribution in [0.3, 0.4) is 0 Å². The van der Waals surface area contributed by atoms with E-state index in [1.54, 1.807) is 11.3 Å². The second kappa shape index (κ2) is 5.33. The second-order valence-electron chi connectivity index (χ2n) is 5.13. The third-order valence-corrected chi connectivity index (χ3v) is 5.87. The van der Waals surface area contributed by atoms with Crippen LogP contribution < -0.4 is 5.73 Å². The maximum Gasteiger partial charge on any atom is 0.230 e. The number of amides is 1. The summed E-state index contributed by atoms with van der Waals surface area (Å²) in [5.74, 6) is 0.457. The highest BCUT2D eigenvalue weighted by molar-refractivity contribution is 8.00. The zero-order valence-corrected chi connectivity index (χ0v) is 13.2. The Balaban J connectivity index is 2.14. The lowest BCUT2D eigenvalue weighted by molar-refractivity contribution is -0.117. The van der Waals surface area contributed by atoms with E-state index in [4.69, 9.17) is 5.73 Å². The van der Waals surface area contributed by atoms with E-state index in [-0.39, 0.29) is 11.2 Å². The number of aromatic nitrogens is 2. The van der Waals surface area contributed by atoms with Crippen molar-refractivity contribution in [2.45, 2.75) is 49.8 Å². The predicted octanol–water partition coefficient (Wildman–Crippen LogP) is 2.84. The molecule has 0 fully saturated rings. The molecule has 1 atom stereocenters. The summed E-state index contributed by atoms with van der Waals surface area (Å²) in [5.41, 5.74) is 6.78. The van der Waals surface area contributed by atoms with Crippen LogP contribution in [-0.2, 0) is 17.6 Å². The fourth-order valence-electron chi connectivity index (χ4n) is 2.54. The van der Waals surface area contributed by atoms with Crippen molar-refractivity contribution in [2.24, 2.45) is 5.73 Å². The number of primary amides is 1. The van der Waals surface area contributed by atoms with Gasteiger partial charge < -0.3 is 5.73 Å². The van der Waals surface area contributed by atoms with Crippen LogP contribution in [0.5, 0.6) is 0 Å². The van der Waals surface area contributed by atoms with Gasteiger partial charge in [-0.05, 0) is 45.1 Å². The highest BCUT2D eigenvalue weighted by atomic mass is 32.2. The van der Waals surface area contributed by atoms with Gasteiger partial charge in [0.2, 0.25) is 5.91 Å². The molecule has 0 aromatic carbocycles. The Labute approximate surface area is 126 Å². The summed E-state index contributed by atoms with van der Waals surface area (Å²) < 4.78 is 0. The average Bonchev–Trinajstić information content (AvgIpc) is 2.76. The molecular weight excluding hydrogens is 290 g/mol. The molecule has 0 spiro atoms. The number of thioether (sulfide) groups is 1. The minimum Gasteiger partial charge on any atom is -0.369 e. The molecule has 1 aliphatic rings. The van der Waals surface area contributed by atoms with E-state index in [0.717, 1.165) is 33.9 Å². The monoisotopic (exact) mass is 307 g/mol. The molecular formula is C14H17N3OS2. The molecule has 106 valence electrons. The highest BCUT2D eigenvalue weighted by Gasteiger charge is 2.22. The van der Waals surface area contributed by atoms with Gasteiger partial charge in [-0.25, -0.2) is 9.97 Å². The SMILES string of the molecule is Cc1nc(S[C@@H](C)C(N)=O)c2c3c(sc2n1)CCCC3. The molecule has 20 heavy (non-hydrogen) atoms. The number of carbonyl (C=O) groups is 1. The molecule has 2 aromatic rings. The van der Waals surface area contributed by atoms with Gasteiger partial charge in [0.15, 0.2) is 0 Å². The molecule has 1 amide bonds. The standard InChI is InChI=1S/C14H17N3OS2/c1-7(12(15)18)19-13-11-9-5-3-4-6-10(9)20-14(11)17-8(2)16-13/h7H,3-6H2,1-2H3,(H2,15,18)/t7-/m0/s1. The quantitative estimate of drug-likeness (QED) is 0.699. The van der Waals surface area contributed by atoms with Crippen LogP contribution in [0.2, 0.25) is 0 Å². The van der Waals surface area contributed by atoms with Crippen LogP contribution in [0.25, 0.3) is 10.2 Å². The average molecular weight is 307 g/mol. The van der Waals surface area contributed by atoms with E-state index < -0.39 is 0 Å². The zero-order chi connectivity index (χ0) is 14.3. The number of fused-ring (bicyclic) bond motifs is 3. The van der Waals surface area contributed by atoms with Crippen LogP contribution in [0.15, 0.2) is 5.03 Å². The summed E-state index contributed by atoms with van der Waals surface area (Å²) in [4.78, 5) is 22.9. The third kappa shape index (κ3) is 2.42. The summed E-state index contributed by atoms with van der Waals surface area (Å²) in [7, 11) is 0. The molecule has 2 N–H and O–H groups in total. The van der Waals surface area contributed by atoms with Crippen molar-refractivity contribution in [3.8, 4) is 0 Å². The van der Waals surface area contributed by atoms with E-state index in [2.05, 4.69) is 9.97 Å². The Bertz CT molecular complexity index is 681. The van der Waals surface area contributed by atoms with E-state index in [1.165, 1.54) is 35.0 Å². The third-order valence-electron chi connectivity index (χ3n) is 3.58. The minimum absolute atomic E-state index is 0.272. The maximum absolute atomic E-state index is 11.3. The van der Waals surface area contributed by atoms with Gasteiger partial charge in [-0.1, -0.05) is 11.8 Å². The molecule has 2 aromatic heterocycles. The first kappa shape index (κ1) is 13.8. The van der Waals surface area contributed by atoms with Gasteiger partial charge in [0, 0.05) is 10.3 Å². The van der Waals surface area contributed by atoms with Crippen LogP contribution in [-0.4, -0.2) is 21.1 Å². The molecule has 0 unspecified atom stereocenters. The maximum atomic E-state index is 11.3. The first-order chi connectivity index (χ1) is 9.56. The lowest BCUT2D eigenvalue weighted by Crippen LogP contribution is -2.22. The van der Waals surface area contributed by atoms with Gasteiger partial charge in [0.1, 0.15) is 15.7 Å². The molecule has 0 saturated carbocycles. The fourth-order valence-corrected chi connectivity index (χ4v) is 4.88. The number of aryl methyl sites for hydroxylation is 3. The Morgan fingerprint density at radius 1 is 1.35 bits per heavy atom. The minimum atomic E-state index is -0.302. The van der Waals surface area contributed by atoms with Gasteiger partial charge in [0.25, 0.3) is 0 Å². The topological polar surface area (TPSA) is 68.9 Å². The molecule has 0 radical (unpaired) electrons. The summed E-state index contributed by atoms with van der Waals surface area (Å²) in [6, 6.07) is 0. The first-order valence-electron chi connectivity index (χ1n) is 6.81. The summed E-state index contributed by atoms with van der Waals surface area (Å²) in [6.07, 6.45) is 4.72. The number of carbonyl (C=O) groups excluding carboxylic acids is 1. The number of thiophene rings is 1. The molecule has 0 bridgehead atoms. The summed E-state index contributed by atoms with van der Waals surface area (Å²) in [5, 5.41) is 1.80. The Kier molecular flexibility index (Phi) is 3.69. The number of hydrogen-bond acceptors (Lipinski definition) is 5. The zero-order valence-electron chi connectivity index (χ0n) is 11.6. The van der Waals surface area contributed by atoms with E-state index in [1.807, 2.05) is 13.8 Å². The van der Waals surface area contributed by atoms with Gasteiger partial charge in [-0.2, -0.15) is 0 Å². The lowest BCUT2D eigenvalue weighted by Gasteiger charge is -2.13. The van der Waals surface area contributed by atoms with E-state index >= 15 is 0 Å². The Morgan fingerprint density at radius 2 is 2.10 bits per heavy atom. The summed E-state index contributed by atoms with van der Waals surface area (Å²) >= 11 is 3.24. The van der Waals surface area contributed by atoms with Crippen molar-refractivity contribution in [1.82, 2.24) is 9.97 Å². The van der Waals surface area contributed by atoms with Crippen molar-refractivity contribution in [2.75, 3.05) is 0 Å². The van der Waals surface area contributed by atoms with Gasteiger partial charge in [-0.3, -0.25) is 4.79 Å². The first-order valence-corrected chi connectivity index (χ1v) is 8.50. The van der Waals surface area contributed by atoms with Gasteiger partial charge >= 0.3 is 0 Å². The van der Waals surface area contributed by atoms with Crippen LogP contribution >= 0.6 is 23.1 Å². The number of nitrogens with zero attached hydrogens (tertiary/aromatic N) is 2. The largest absolute Gasteiger partial charge is 0.369 e. The van der Waals surface area contributed by atoms with Crippen molar-refractivity contribution < 1.29 is 4.79 Å². The van der Waals surface area contributed by atoms with Crippen LogP contribution in [0.1, 0.15) is 36.0 Å². The van der Waals surface area contributed by atoms with E-state index in [9.17, 15) is 4.79 Å². The number of hydrogen-bond donors (Lipinski definition) is 1. The highest BCUT2D eigenvalue weighted by Crippen LogP contribution is 2.40. The van der Waals surface area contributed by atoms with Gasteiger partial charge in [0.05, 0.1) is 5.25 Å². The molecule has 4 nitrogen and oxygen atoms in total. The predicted molar refractivity (Wildman–Crippen MR) is 83.3 cm³/mol. The van der Waals surface area contributed by atoms with Crippen molar-refractivity contribution in [1.29, 1.82) is 0 Å². The molecule has 0 saturated heterocycles. The normalized spacial score (nSPS) is 16.1. The van der Waals surface area contributed by atoms with Gasteiger partial charge in [-0.15, -0.1) is 11.3 Å². The van der Waals surface area contributed by atoms with Crippen molar-refractivity contribution >= 4 is 39.2 Å². The van der Waals surface area contributed by atoms with Crippen molar-refractivity contribution in [3.05, 3.63) is 16.3 Å². The molecule has 0 aliphatic heterocycles. The Morgan fingerprint density at radius 3 is 2.85 bits per heavy atom. The van der Waals surface area contributed by atoms with Crippen LogP contribution in [0.4, 0.5) is 0 Å². The molecule has 6 heteroatoms. The smallest absolute Gasteiger partial charge is 0.230 e. The van der Waals surface area contributed by atoms with Crippen molar-refractivity contribution in [3.63, 3.8) is 0 Å². The molecule has 1 aliphatic carbocycles. The number of nitrogens with two attached hydrogens (primary N) is 1. The summed E-state index contributed by atoms with van der Waals surface area (Å²) in [6.45, 7) is 3.73. The second-order valence-corrected chi connectivity index (χ2v) is 7.54. The lowest BCUT2D eigenvalue weighted by atomic mass is 9.97. The molecule has 2 heterocycles. The van der Waals surface area contributed by atoms with Crippen LogP contribution in [0, 0.1) is 6.92 Å². The Hall–Kier alpha value is -1.14. The number of rotatable bonds is 3. The fraction of sp³-hybridized carbons (Fsp3) is 0.500. The van der Waals surface area contributed by atoms with E-state index in [0.29, 0.717) is 0 Å². The molecule has 3 rings (SSSR count).